The molecule has 1 N–H and O–H groups in total. The third kappa shape index (κ3) is 6.69. The van der Waals surface area contributed by atoms with Gasteiger partial charge in [-0.05, 0) is 75.1 Å². The minimum Gasteiger partial charge on any atom is -0.490 e. The van der Waals surface area contributed by atoms with Gasteiger partial charge in [0.25, 0.3) is 0 Å². The van der Waals surface area contributed by atoms with Crippen LogP contribution in [-0.4, -0.2) is 25.1 Å². The van der Waals surface area contributed by atoms with Gasteiger partial charge in [0.2, 0.25) is 0 Å². The number of amides is 1. The van der Waals surface area contributed by atoms with Crippen LogP contribution in [0.2, 0.25) is 0 Å². The van der Waals surface area contributed by atoms with Gasteiger partial charge in [0, 0.05) is 11.1 Å². The third-order valence-corrected chi connectivity index (χ3v) is 5.45. The van der Waals surface area contributed by atoms with Crippen molar-refractivity contribution >= 4 is 17.4 Å². The van der Waals surface area contributed by atoms with Crippen molar-refractivity contribution in [3.63, 3.8) is 0 Å². The first-order valence-corrected chi connectivity index (χ1v) is 11.1. The van der Waals surface area contributed by atoms with Crippen LogP contribution >= 0.6 is 0 Å². The van der Waals surface area contributed by atoms with Gasteiger partial charge in [0.05, 0.1) is 5.54 Å². The second kappa shape index (κ2) is 10.8. The number of rotatable bonds is 9. The highest BCUT2D eigenvalue weighted by atomic mass is 16.6. The van der Waals surface area contributed by atoms with Crippen molar-refractivity contribution in [1.82, 2.24) is 5.32 Å². The van der Waals surface area contributed by atoms with E-state index < -0.39 is 11.6 Å². The number of carbonyl (C=O) groups is 2. The topological polar surface area (TPSA) is 64.6 Å². The van der Waals surface area contributed by atoms with Crippen molar-refractivity contribution in [3.8, 4) is 5.75 Å². The van der Waals surface area contributed by atoms with Crippen LogP contribution in [0.3, 0.4) is 0 Å². The van der Waals surface area contributed by atoms with Gasteiger partial charge in [-0.2, -0.15) is 0 Å². The highest BCUT2D eigenvalue weighted by molar-refractivity contribution is 6.10. The summed E-state index contributed by atoms with van der Waals surface area (Å²) in [7, 11) is 0. The van der Waals surface area contributed by atoms with E-state index in [1.54, 1.807) is 24.3 Å². The zero-order valence-corrected chi connectivity index (χ0v) is 19.5. The Morgan fingerprint density at radius 3 is 2.45 bits per heavy atom. The van der Waals surface area contributed by atoms with Gasteiger partial charge >= 0.3 is 6.09 Å². The summed E-state index contributed by atoms with van der Waals surface area (Å²) in [4.78, 5) is 24.8. The minimum absolute atomic E-state index is 0.00825. The molecule has 0 atom stereocenters. The molecule has 0 radical (unpaired) electrons. The number of carbonyl (C=O) groups excluding carboxylic acids is 2. The molecule has 1 amide bonds. The first-order chi connectivity index (χ1) is 15.8. The summed E-state index contributed by atoms with van der Waals surface area (Å²) in [6.45, 7) is 10.1. The van der Waals surface area contributed by atoms with Crippen LogP contribution in [0.1, 0.15) is 55.1 Å². The van der Waals surface area contributed by atoms with E-state index in [1.165, 1.54) is 0 Å². The maximum absolute atomic E-state index is 12.5. The highest BCUT2D eigenvalue weighted by Crippen LogP contribution is 2.24. The molecule has 0 aromatic heterocycles. The Morgan fingerprint density at radius 1 is 1.03 bits per heavy atom. The average Bonchev–Trinajstić information content (AvgIpc) is 2.82. The summed E-state index contributed by atoms with van der Waals surface area (Å²) in [6.07, 6.45) is 7.21. The first kappa shape index (κ1) is 24.1. The van der Waals surface area contributed by atoms with Crippen molar-refractivity contribution < 1.29 is 19.1 Å². The molecule has 0 bridgehead atoms. The molecule has 0 saturated heterocycles. The number of ketones is 1. The molecule has 172 valence electrons. The number of allylic oxidation sites excluding steroid dienone is 5. The maximum atomic E-state index is 12.5. The summed E-state index contributed by atoms with van der Waals surface area (Å²) in [5, 5.41) is 2.89. The Bertz CT molecular complexity index is 1080. The molecular formula is C28H31NO4. The smallest absolute Gasteiger partial charge is 0.407 e. The van der Waals surface area contributed by atoms with Crippen molar-refractivity contribution in [3.05, 3.63) is 95.6 Å². The normalized spacial score (nSPS) is 13.1. The van der Waals surface area contributed by atoms with Gasteiger partial charge in [-0.15, -0.1) is 0 Å². The van der Waals surface area contributed by atoms with Gasteiger partial charge in [-0.3, -0.25) is 4.79 Å². The summed E-state index contributed by atoms with van der Waals surface area (Å²) >= 11 is 0. The number of ether oxygens (including phenoxy) is 2. The highest BCUT2D eigenvalue weighted by Gasteiger charge is 2.24. The number of hydrogen-bond acceptors (Lipinski definition) is 4. The van der Waals surface area contributed by atoms with Crippen LogP contribution in [0.25, 0.3) is 5.57 Å². The number of hydrogen-bond donors (Lipinski definition) is 1. The number of benzene rings is 2. The van der Waals surface area contributed by atoms with Crippen LogP contribution < -0.4 is 10.1 Å². The Balaban J connectivity index is 1.45. The standard InChI is InChI=1S/C28H31NO4/c1-20(2)23-11-8-12-24(19-23)28(3,4)29-27(31)33-18-17-32-25-15-13-22(14-16-25)26(30)21-9-6-5-7-10-21/h6,8-16,19H,1,5,7,17-18H2,2-4H3,(H,29,31). The summed E-state index contributed by atoms with van der Waals surface area (Å²) in [6, 6.07) is 14.9. The molecule has 3 rings (SSSR count). The number of Topliss-reactive ketones (excluding diaryl/α,β-unsaturated/α-hetero) is 1. The molecule has 1 aliphatic rings. The van der Waals surface area contributed by atoms with E-state index in [4.69, 9.17) is 9.47 Å². The molecule has 0 unspecified atom stereocenters. The lowest BCUT2D eigenvalue weighted by atomic mass is 9.92. The molecule has 5 heteroatoms. The van der Waals surface area contributed by atoms with Gasteiger partial charge < -0.3 is 14.8 Å². The van der Waals surface area contributed by atoms with Crippen LogP contribution in [0, 0.1) is 0 Å². The predicted molar refractivity (Wildman–Crippen MR) is 131 cm³/mol. The number of alkyl carbamates (subject to hydrolysis) is 1. The van der Waals surface area contributed by atoms with Crippen LogP contribution in [0.15, 0.2) is 78.9 Å². The fraction of sp³-hybridized carbons (Fsp3) is 0.286. The fourth-order valence-corrected chi connectivity index (χ4v) is 3.48. The summed E-state index contributed by atoms with van der Waals surface area (Å²) in [5.41, 5.74) is 3.70. The van der Waals surface area contributed by atoms with Gasteiger partial charge in [0.1, 0.15) is 19.0 Å². The predicted octanol–water partition coefficient (Wildman–Crippen LogP) is 6.22. The van der Waals surface area contributed by atoms with Crippen LogP contribution in [0.4, 0.5) is 4.79 Å². The minimum atomic E-state index is -0.602. The van der Waals surface area contributed by atoms with Crippen LogP contribution in [0.5, 0.6) is 5.75 Å². The van der Waals surface area contributed by atoms with Gasteiger partial charge in [0.15, 0.2) is 5.78 Å². The lowest BCUT2D eigenvalue weighted by molar-refractivity contribution is 0.103. The summed E-state index contributed by atoms with van der Waals surface area (Å²) < 4.78 is 10.9. The van der Waals surface area contributed by atoms with Gasteiger partial charge in [-0.1, -0.05) is 48.6 Å². The Hall–Kier alpha value is -3.60. The second-order valence-corrected chi connectivity index (χ2v) is 8.59. The van der Waals surface area contributed by atoms with Crippen molar-refractivity contribution in [2.45, 2.75) is 39.2 Å². The average molecular weight is 446 g/mol. The molecule has 0 spiro atoms. The SMILES string of the molecule is C=C(C)c1cccc(C(C)(C)NC(=O)OCCOc2ccc(C(=O)C3=CCCC=C3)cc2)c1. The Kier molecular flexibility index (Phi) is 7.88. The quantitative estimate of drug-likeness (QED) is 0.368. The van der Waals surface area contributed by atoms with E-state index in [-0.39, 0.29) is 19.0 Å². The Morgan fingerprint density at radius 2 is 1.79 bits per heavy atom. The van der Waals surface area contributed by atoms with E-state index in [1.807, 2.05) is 63.3 Å². The maximum Gasteiger partial charge on any atom is 0.407 e. The zero-order chi connectivity index (χ0) is 23.8. The van der Waals surface area contributed by atoms with Crippen molar-refractivity contribution in [2.75, 3.05) is 13.2 Å². The molecule has 1 aliphatic carbocycles. The fourth-order valence-electron chi connectivity index (χ4n) is 3.48. The van der Waals surface area contributed by atoms with E-state index in [0.717, 1.165) is 35.1 Å². The Labute approximate surface area is 195 Å². The van der Waals surface area contributed by atoms with Crippen LogP contribution in [-0.2, 0) is 10.3 Å². The molecule has 0 aliphatic heterocycles. The molecule has 33 heavy (non-hydrogen) atoms. The van der Waals surface area contributed by atoms with E-state index in [9.17, 15) is 9.59 Å². The first-order valence-electron chi connectivity index (χ1n) is 11.1. The van der Waals surface area contributed by atoms with Crippen molar-refractivity contribution in [2.24, 2.45) is 0 Å². The number of nitrogens with one attached hydrogen (secondary N) is 1. The second-order valence-electron chi connectivity index (χ2n) is 8.59. The molecule has 2 aromatic rings. The molecular weight excluding hydrogens is 414 g/mol. The lowest BCUT2D eigenvalue weighted by Gasteiger charge is -2.27. The zero-order valence-electron chi connectivity index (χ0n) is 19.5. The largest absolute Gasteiger partial charge is 0.490 e. The lowest BCUT2D eigenvalue weighted by Crippen LogP contribution is -2.41. The van der Waals surface area contributed by atoms with E-state index in [0.29, 0.717) is 11.3 Å². The van der Waals surface area contributed by atoms with E-state index in [2.05, 4.69) is 11.9 Å². The third-order valence-electron chi connectivity index (χ3n) is 5.45. The summed E-state index contributed by atoms with van der Waals surface area (Å²) in [5.74, 6) is 0.620. The van der Waals surface area contributed by atoms with E-state index >= 15 is 0 Å². The molecule has 2 aromatic carbocycles. The molecule has 0 heterocycles. The molecule has 5 nitrogen and oxygen atoms in total. The molecule has 0 saturated carbocycles. The monoisotopic (exact) mass is 445 g/mol. The van der Waals surface area contributed by atoms with Crippen molar-refractivity contribution in [1.29, 1.82) is 0 Å². The van der Waals surface area contributed by atoms with Gasteiger partial charge in [-0.25, -0.2) is 4.79 Å². The molecule has 0 fully saturated rings.